The van der Waals surface area contributed by atoms with Gasteiger partial charge in [-0.1, -0.05) is 0 Å². The number of nitrogens with one attached hydrogen (secondary N) is 2. The maximum atomic E-state index is 12.8. The van der Waals surface area contributed by atoms with E-state index in [-0.39, 0.29) is 29.9 Å². The van der Waals surface area contributed by atoms with E-state index in [1.807, 2.05) is 31.7 Å². The molecule has 11 nitrogen and oxygen atoms in total. The number of piperidine rings is 1. The van der Waals surface area contributed by atoms with Gasteiger partial charge in [0.05, 0.1) is 25.2 Å². The number of rotatable bonds is 5. The van der Waals surface area contributed by atoms with Crippen molar-refractivity contribution in [2.45, 2.75) is 70.2 Å². The third-order valence-corrected chi connectivity index (χ3v) is 6.03. The van der Waals surface area contributed by atoms with Crippen LogP contribution in [0.1, 0.15) is 62.5 Å². The molecule has 184 valence electrons. The summed E-state index contributed by atoms with van der Waals surface area (Å²) in [5.41, 5.74) is 0.553. The zero-order valence-corrected chi connectivity index (χ0v) is 20.2. The first kappa shape index (κ1) is 24.2. The Morgan fingerprint density at radius 1 is 1.09 bits per heavy atom. The van der Waals surface area contributed by atoms with Crippen LogP contribution >= 0.6 is 0 Å². The van der Waals surface area contributed by atoms with Crippen molar-refractivity contribution in [1.82, 2.24) is 19.9 Å². The summed E-state index contributed by atoms with van der Waals surface area (Å²) in [7, 11) is 1.32. The van der Waals surface area contributed by atoms with Crippen molar-refractivity contribution < 1.29 is 19.1 Å². The second-order valence-corrected chi connectivity index (χ2v) is 9.72. The Hall–Kier alpha value is -3.94. The van der Waals surface area contributed by atoms with Crippen molar-refractivity contribution in [3.63, 3.8) is 0 Å². The number of carbonyl (C=O) groups excluding carboxylic acids is 2. The Balaban J connectivity index is 1.51. The highest BCUT2D eigenvalue weighted by molar-refractivity contribution is 5.96. The normalized spacial score (nSPS) is 21.1. The van der Waals surface area contributed by atoms with E-state index in [4.69, 9.17) is 14.7 Å². The molecule has 11 heteroatoms. The highest BCUT2D eigenvalue weighted by atomic mass is 16.6. The molecule has 0 spiro atoms. The van der Waals surface area contributed by atoms with Gasteiger partial charge in [0.1, 0.15) is 28.9 Å². The topological polar surface area (TPSA) is 142 Å². The van der Waals surface area contributed by atoms with Crippen LogP contribution in [-0.4, -0.2) is 62.8 Å². The Bertz CT molecular complexity index is 1130. The second-order valence-electron chi connectivity index (χ2n) is 9.72. The van der Waals surface area contributed by atoms with Gasteiger partial charge in [0, 0.05) is 30.4 Å². The van der Waals surface area contributed by atoms with Crippen molar-refractivity contribution >= 4 is 29.4 Å². The van der Waals surface area contributed by atoms with Gasteiger partial charge in [0.2, 0.25) is 0 Å². The molecule has 2 fully saturated rings. The number of hydrogen-bond acceptors (Lipinski definition) is 10. The van der Waals surface area contributed by atoms with Crippen LogP contribution in [0.3, 0.4) is 0 Å². The fraction of sp³-hybridized carbons (Fsp3) is 0.500. The number of nitrogens with zero attached hydrogens (tertiary/aromatic N) is 5. The minimum absolute atomic E-state index is 0.0551. The number of anilines is 3. The van der Waals surface area contributed by atoms with Gasteiger partial charge in [-0.3, -0.25) is 0 Å². The monoisotopic (exact) mass is 479 g/mol. The first-order chi connectivity index (χ1) is 16.7. The van der Waals surface area contributed by atoms with Crippen molar-refractivity contribution in [2.24, 2.45) is 0 Å². The molecule has 0 saturated carbocycles. The number of fused-ring (bicyclic) bond motifs is 2. The van der Waals surface area contributed by atoms with E-state index in [0.717, 1.165) is 25.7 Å². The number of hydrogen-bond donors (Lipinski definition) is 2. The van der Waals surface area contributed by atoms with Crippen LogP contribution in [0.5, 0.6) is 0 Å². The quantitative estimate of drug-likeness (QED) is 0.610. The van der Waals surface area contributed by atoms with Crippen LogP contribution in [-0.2, 0) is 9.47 Å². The molecule has 0 aliphatic carbocycles. The zero-order chi connectivity index (χ0) is 25.2. The molecule has 1 amide bonds. The summed E-state index contributed by atoms with van der Waals surface area (Å²) in [6.45, 7) is 5.61. The first-order valence-electron chi connectivity index (χ1n) is 11.5. The van der Waals surface area contributed by atoms with E-state index in [9.17, 15) is 9.59 Å². The van der Waals surface area contributed by atoms with Gasteiger partial charge in [-0.2, -0.15) is 5.26 Å². The number of aromatic nitrogens is 3. The molecule has 35 heavy (non-hydrogen) atoms. The van der Waals surface area contributed by atoms with Crippen LogP contribution in [0.15, 0.2) is 24.7 Å². The fourth-order valence-corrected chi connectivity index (χ4v) is 4.62. The molecule has 4 rings (SSSR count). The summed E-state index contributed by atoms with van der Waals surface area (Å²) < 4.78 is 10.6. The molecule has 0 radical (unpaired) electrons. The Labute approximate surface area is 203 Å². The van der Waals surface area contributed by atoms with Gasteiger partial charge in [0.15, 0.2) is 5.69 Å². The summed E-state index contributed by atoms with van der Waals surface area (Å²) in [6.07, 6.45) is 7.30. The predicted molar refractivity (Wildman–Crippen MR) is 127 cm³/mol. The van der Waals surface area contributed by atoms with Crippen LogP contribution in [0.4, 0.5) is 22.1 Å². The summed E-state index contributed by atoms with van der Waals surface area (Å²) in [5.74, 6) is 0.365. The van der Waals surface area contributed by atoms with Gasteiger partial charge in [-0.05, 0) is 46.5 Å². The number of methoxy groups -OCH3 is 1. The van der Waals surface area contributed by atoms with Crippen molar-refractivity contribution in [3.8, 4) is 6.07 Å². The van der Waals surface area contributed by atoms with Gasteiger partial charge >= 0.3 is 12.1 Å². The van der Waals surface area contributed by atoms with E-state index in [1.165, 1.54) is 25.7 Å². The number of pyridine rings is 1. The predicted octanol–water partition coefficient (Wildman–Crippen LogP) is 3.62. The lowest BCUT2D eigenvalue weighted by Gasteiger charge is -2.40. The lowest BCUT2D eigenvalue weighted by Crippen LogP contribution is -2.51. The highest BCUT2D eigenvalue weighted by Gasteiger charge is 2.45. The summed E-state index contributed by atoms with van der Waals surface area (Å²) in [6, 6.07) is 3.85. The third-order valence-electron chi connectivity index (χ3n) is 6.03. The van der Waals surface area contributed by atoms with Gasteiger partial charge < -0.3 is 25.0 Å². The number of amides is 1. The van der Waals surface area contributed by atoms with E-state index in [1.54, 1.807) is 6.07 Å². The zero-order valence-electron chi connectivity index (χ0n) is 20.2. The minimum atomic E-state index is -0.541. The Morgan fingerprint density at radius 3 is 2.34 bits per heavy atom. The molecule has 2 bridgehead atoms. The smallest absolute Gasteiger partial charge is 0.410 e. The van der Waals surface area contributed by atoms with Gasteiger partial charge in [0.25, 0.3) is 0 Å². The second kappa shape index (κ2) is 9.74. The van der Waals surface area contributed by atoms with Crippen LogP contribution < -0.4 is 10.6 Å². The van der Waals surface area contributed by atoms with Crippen LogP contribution in [0, 0.1) is 11.3 Å². The van der Waals surface area contributed by atoms with Crippen molar-refractivity contribution in [1.29, 1.82) is 5.26 Å². The molecule has 2 aromatic heterocycles. The molecule has 2 saturated heterocycles. The average Bonchev–Trinajstić information content (AvgIpc) is 3.09. The van der Waals surface area contributed by atoms with E-state index in [0.29, 0.717) is 22.9 Å². The molecule has 2 N–H and O–H groups in total. The van der Waals surface area contributed by atoms with Crippen LogP contribution in [0.2, 0.25) is 0 Å². The van der Waals surface area contributed by atoms with E-state index >= 15 is 0 Å². The number of esters is 1. The summed E-state index contributed by atoms with van der Waals surface area (Å²) in [5, 5.41) is 15.4. The van der Waals surface area contributed by atoms with E-state index in [2.05, 4.69) is 25.6 Å². The average molecular weight is 480 g/mol. The maximum absolute atomic E-state index is 12.8. The lowest BCUT2D eigenvalue weighted by atomic mass is 9.97. The Kier molecular flexibility index (Phi) is 6.73. The van der Waals surface area contributed by atoms with Gasteiger partial charge in [-0.15, -0.1) is 0 Å². The summed E-state index contributed by atoms with van der Waals surface area (Å²) >= 11 is 0. The molecular weight excluding hydrogens is 450 g/mol. The standard InChI is InChI=1S/C24H29N7O4/c1-24(2,3)35-23(33)31-16-5-6-17(31)8-14(7-16)29-19-9-20(28-12-18(19)22(32)34-4)30-21-13-26-15(10-25)11-27-21/h9,11-14,16-17H,5-8H2,1-4H3,(H2,27,28,29,30)/t16-,17-/m1/s1. The molecule has 0 unspecified atom stereocenters. The number of ether oxygens (including phenoxy) is 2. The molecule has 4 heterocycles. The van der Waals surface area contributed by atoms with Crippen molar-refractivity contribution in [2.75, 3.05) is 17.7 Å². The maximum Gasteiger partial charge on any atom is 0.410 e. The SMILES string of the molecule is COC(=O)c1cnc(Nc2cnc(C#N)cn2)cc1NC1C[C@H]2CC[C@H](C1)N2C(=O)OC(C)(C)C. The Morgan fingerprint density at radius 2 is 1.77 bits per heavy atom. The van der Waals surface area contributed by atoms with Crippen molar-refractivity contribution in [3.05, 3.63) is 35.9 Å². The molecule has 2 aromatic rings. The molecule has 2 aliphatic rings. The minimum Gasteiger partial charge on any atom is -0.465 e. The fourth-order valence-electron chi connectivity index (χ4n) is 4.62. The first-order valence-corrected chi connectivity index (χ1v) is 11.5. The number of nitriles is 1. The summed E-state index contributed by atoms with van der Waals surface area (Å²) in [4.78, 5) is 39.5. The molecule has 0 aromatic carbocycles. The highest BCUT2D eigenvalue weighted by Crippen LogP contribution is 2.38. The van der Waals surface area contributed by atoms with E-state index < -0.39 is 11.6 Å². The number of carbonyl (C=O) groups is 2. The molecular formula is C24H29N7O4. The molecule has 2 atom stereocenters. The van der Waals surface area contributed by atoms with Crippen LogP contribution in [0.25, 0.3) is 0 Å². The lowest BCUT2D eigenvalue weighted by molar-refractivity contribution is 0.00683. The third kappa shape index (κ3) is 5.59. The largest absolute Gasteiger partial charge is 0.465 e. The van der Waals surface area contributed by atoms with Gasteiger partial charge in [-0.25, -0.2) is 24.5 Å². The molecule has 2 aliphatic heterocycles.